The number of likely N-dealkylation sites (N-methyl/N-ethyl adjacent to an activating group) is 1. The molecule has 1 N–H and O–H groups in total. The maximum atomic E-state index is 9.02. The van der Waals surface area contributed by atoms with Gasteiger partial charge in [0.25, 0.3) is 0 Å². The zero-order valence-electron chi connectivity index (χ0n) is 9.64. The van der Waals surface area contributed by atoms with Gasteiger partial charge in [-0.1, -0.05) is 6.07 Å². The van der Waals surface area contributed by atoms with Gasteiger partial charge in [-0.25, -0.2) is 0 Å². The molecular formula is C12H17NO3. The first-order valence-corrected chi connectivity index (χ1v) is 5.36. The highest BCUT2D eigenvalue weighted by Crippen LogP contribution is 2.30. The van der Waals surface area contributed by atoms with E-state index >= 15 is 0 Å². The first-order chi connectivity index (χ1) is 7.72. The van der Waals surface area contributed by atoms with Crippen LogP contribution < -0.4 is 9.47 Å². The number of benzene rings is 1. The van der Waals surface area contributed by atoms with Gasteiger partial charge < -0.3 is 14.6 Å². The molecule has 1 aliphatic heterocycles. The van der Waals surface area contributed by atoms with Crippen molar-refractivity contribution < 1.29 is 14.6 Å². The number of nitrogens with zero attached hydrogens (tertiary/aromatic N) is 1. The fourth-order valence-electron chi connectivity index (χ4n) is 1.80. The van der Waals surface area contributed by atoms with Gasteiger partial charge in [0.1, 0.15) is 6.10 Å². The Morgan fingerprint density at radius 1 is 1.38 bits per heavy atom. The number of hydrogen-bond donors (Lipinski definition) is 1. The summed E-state index contributed by atoms with van der Waals surface area (Å²) >= 11 is 0. The van der Waals surface area contributed by atoms with Gasteiger partial charge in [-0.15, -0.1) is 0 Å². The quantitative estimate of drug-likeness (QED) is 0.822. The first kappa shape index (κ1) is 11.2. The van der Waals surface area contributed by atoms with Crippen LogP contribution in [0, 0.1) is 0 Å². The fraction of sp³-hybridized carbons (Fsp3) is 0.500. The molecule has 4 heteroatoms. The summed E-state index contributed by atoms with van der Waals surface area (Å²) in [4.78, 5) is 2.19. The summed E-state index contributed by atoms with van der Waals surface area (Å²) in [5.41, 5.74) is 0.829. The summed E-state index contributed by atoms with van der Waals surface area (Å²) in [6.45, 7) is 1.92. The molecule has 0 bridgehead atoms. The molecule has 1 aliphatic rings. The molecule has 0 aromatic heterocycles. The lowest BCUT2D eigenvalue weighted by atomic mass is 10.1. The molecule has 0 spiro atoms. The summed E-state index contributed by atoms with van der Waals surface area (Å²) < 4.78 is 11.0. The molecular weight excluding hydrogens is 206 g/mol. The normalized spacial score (nSPS) is 16.9. The van der Waals surface area contributed by atoms with Crippen molar-refractivity contribution >= 4 is 0 Å². The Morgan fingerprint density at radius 2 is 2.12 bits per heavy atom. The summed E-state index contributed by atoms with van der Waals surface area (Å²) in [6.07, 6.45) is 0.249. The summed E-state index contributed by atoms with van der Waals surface area (Å²) in [5, 5.41) is 9.02. The number of aliphatic hydroxyl groups excluding tert-OH is 1. The first-order valence-electron chi connectivity index (χ1n) is 5.36. The van der Waals surface area contributed by atoms with Crippen molar-refractivity contribution in [2.75, 3.05) is 27.2 Å². The molecule has 1 heterocycles. The van der Waals surface area contributed by atoms with Gasteiger partial charge >= 0.3 is 0 Å². The second-order valence-electron chi connectivity index (χ2n) is 4.10. The van der Waals surface area contributed by atoms with E-state index in [9.17, 15) is 0 Å². The van der Waals surface area contributed by atoms with E-state index in [-0.39, 0.29) is 12.7 Å². The molecule has 1 fully saturated rings. The maximum absolute atomic E-state index is 9.02. The number of ether oxygens (including phenoxy) is 2. The third kappa shape index (κ3) is 2.28. The van der Waals surface area contributed by atoms with Crippen molar-refractivity contribution in [1.29, 1.82) is 0 Å². The molecule has 0 atom stereocenters. The maximum Gasteiger partial charge on any atom is 0.161 e. The fourth-order valence-corrected chi connectivity index (χ4v) is 1.80. The van der Waals surface area contributed by atoms with Gasteiger partial charge in [-0.05, 0) is 24.7 Å². The minimum atomic E-state index is 0.0167. The molecule has 0 unspecified atom stereocenters. The van der Waals surface area contributed by atoms with E-state index in [1.807, 2.05) is 12.1 Å². The van der Waals surface area contributed by atoms with E-state index in [0.717, 1.165) is 24.4 Å². The molecule has 88 valence electrons. The van der Waals surface area contributed by atoms with E-state index in [4.69, 9.17) is 14.6 Å². The average Bonchev–Trinajstić information content (AvgIpc) is 2.27. The van der Waals surface area contributed by atoms with Crippen molar-refractivity contribution in [2.24, 2.45) is 0 Å². The smallest absolute Gasteiger partial charge is 0.161 e. The van der Waals surface area contributed by atoms with Gasteiger partial charge in [-0.2, -0.15) is 0 Å². The summed E-state index contributed by atoms with van der Waals surface area (Å²) in [7, 11) is 3.67. The van der Waals surface area contributed by atoms with Crippen molar-refractivity contribution in [3.05, 3.63) is 23.8 Å². The van der Waals surface area contributed by atoms with Crippen molar-refractivity contribution in [2.45, 2.75) is 12.7 Å². The number of rotatable bonds is 4. The topological polar surface area (TPSA) is 41.9 Å². The highest BCUT2D eigenvalue weighted by molar-refractivity contribution is 5.43. The van der Waals surface area contributed by atoms with Crippen LogP contribution in [-0.2, 0) is 6.61 Å². The van der Waals surface area contributed by atoms with Gasteiger partial charge in [-0.3, -0.25) is 4.90 Å². The van der Waals surface area contributed by atoms with E-state index in [2.05, 4.69) is 11.9 Å². The van der Waals surface area contributed by atoms with Crippen molar-refractivity contribution in [1.82, 2.24) is 4.90 Å². The number of hydrogen-bond acceptors (Lipinski definition) is 4. The molecule has 0 saturated carbocycles. The summed E-state index contributed by atoms with van der Waals surface area (Å²) in [6, 6.07) is 5.50. The van der Waals surface area contributed by atoms with E-state index in [0.29, 0.717) is 5.75 Å². The average molecular weight is 223 g/mol. The molecule has 4 nitrogen and oxygen atoms in total. The van der Waals surface area contributed by atoms with Crippen LogP contribution in [-0.4, -0.2) is 43.4 Å². The molecule has 0 aliphatic carbocycles. The van der Waals surface area contributed by atoms with E-state index in [1.165, 1.54) is 0 Å². The van der Waals surface area contributed by atoms with Crippen LogP contribution in [0.3, 0.4) is 0 Å². The lowest BCUT2D eigenvalue weighted by molar-refractivity contribution is 0.0369. The van der Waals surface area contributed by atoms with E-state index in [1.54, 1.807) is 13.2 Å². The van der Waals surface area contributed by atoms with Crippen LogP contribution in [0.15, 0.2) is 18.2 Å². The highest BCUT2D eigenvalue weighted by Gasteiger charge is 2.25. The monoisotopic (exact) mass is 223 g/mol. The second-order valence-corrected chi connectivity index (χ2v) is 4.10. The summed E-state index contributed by atoms with van der Waals surface area (Å²) in [5.74, 6) is 1.43. The predicted octanol–water partition coefficient (Wildman–Crippen LogP) is 0.880. The Kier molecular flexibility index (Phi) is 3.31. The minimum Gasteiger partial charge on any atom is -0.493 e. The Labute approximate surface area is 95.4 Å². The molecule has 16 heavy (non-hydrogen) atoms. The zero-order chi connectivity index (χ0) is 11.5. The standard InChI is InChI=1S/C12H17NO3/c1-13-6-10(7-13)16-11-4-3-9(8-14)5-12(11)15-2/h3-5,10,14H,6-8H2,1-2H3. The zero-order valence-corrected chi connectivity index (χ0v) is 9.64. The third-order valence-electron chi connectivity index (χ3n) is 2.73. The largest absolute Gasteiger partial charge is 0.493 e. The Hall–Kier alpha value is -1.26. The van der Waals surface area contributed by atoms with Crippen molar-refractivity contribution in [3.63, 3.8) is 0 Å². The highest BCUT2D eigenvalue weighted by atomic mass is 16.5. The Morgan fingerprint density at radius 3 is 2.69 bits per heavy atom. The van der Waals surface area contributed by atoms with Crippen LogP contribution in [0.2, 0.25) is 0 Å². The third-order valence-corrected chi connectivity index (χ3v) is 2.73. The molecule has 0 radical (unpaired) electrons. The number of likely N-dealkylation sites (tertiary alicyclic amines) is 1. The van der Waals surface area contributed by atoms with Gasteiger partial charge in [0.05, 0.1) is 13.7 Å². The molecule has 1 aromatic rings. The minimum absolute atomic E-state index is 0.0167. The number of aliphatic hydroxyl groups is 1. The van der Waals surface area contributed by atoms with Crippen LogP contribution >= 0.6 is 0 Å². The van der Waals surface area contributed by atoms with Crippen LogP contribution in [0.5, 0.6) is 11.5 Å². The van der Waals surface area contributed by atoms with Gasteiger partial charge in [0.15, 0.2) is 11.5 Å². The molecule has 0 amide bonds. The Balaban J connectivity index is 2.07. The second kappa shape index (κ2) is 4.72. The molecule has 1 saturated heterocycles. The van der Waals surface area contributed by atoms with Gasteiger partial charge in [0.2, 0.25) is 0 Å². The van der Waals surface area contributed by atoms with Gasteiger partial charge in [0, 0.05) is 13.1 Å². The number of methoxy groups -OCH3 is 1. The van der Waals surface area contributed by atoms with Crippen LogP contribution in [0.4, 0.5) is 0 Å². The lowest BCUT2D eigenvalue weighted by Gasteiger charge is -2.36. The van der Waals surface area contributed by atoms with Crippen LogP contribution in [0.1, 0.15) is 5.56 Å². The lowest BCUT2D eigenvalue weighted by Crippen LogP contribution is -2.51. The molecule has 2 rings (SSSR count). The molecule has 1 aromatic carbocycles. The van der Waals surface area contributed by atoms with E-state index < -0.39 is 0 Å². The van der Waals surface area contributed by atoms with Crippen molar-refractivity contribution in [3.8, 4) is 11.5 Å². The van der Waals surface area contributed by atoms with Crippen LogP contribution in [0.25, 0.3) is 0 Å². The predicted molar refractivity (Wildman–Crippen MR) is 60.8 cm³/mol. The SMILES string of the molecule is COc1cc(CO)ccc1OC1CN(C)C1. The Bertz CT molecular complexity index is 361.